The summed E-state index contributed by atoms with van der Waals surface area (Å²) in [7, 11) is 0. The van der Waals surface area contributed by atoms with Gasteiger partial charge in [-0.25, -0.2) is 0 Å². The maximum Gasteiger partial charge on any atom is 0.228 e. The Morgan fingerprint density at radius 1 is 1.14 bits per heavy atom. The van der Waals surface area contributed by atoms with Gasteiger partial charge in [-0.2, -0.15) is 0 Å². The smallest absolute Gasteiger partial charge is 0.228 e. The molecule has 3 rings (SSSR count). The molecule has 2 nitrogen and oxygen atoms in total. The van der Waals surface area contributed by atoms with Gasteiger partial charge in [-0.15, -0.1) is 0 Å². The lowest BCUT2D eigenvalue weighted by atomic mass is 9.87. The van der Waals surface area contributed by atoms with Gasteiger partial charge >= 0.3 is 0 Å². The summed E-state index contributed by atoms with van der Waals surface area (Å²) in [5.41, 5.74) is 3.78. The van der Waals surface area contributed by atoms with Crippen molar-refractivity contribution in [2.75, 3.05) is 0 Å². The highest BCUT2D eigenvalue weighted by Gasteiger charge is 2.25. The lowest BCUT2D eigenvalue weighted by molar-refractivity contribution is -0.123. The molecule has 2 atom stereocenters. The van der Waals surface area contributed by atoms with Crippen molar-refractivity contribution < 1.29 is 4.79 Å². The first-order valence-electron chi connectivity index (χ1n) is 8.22. The summed E-state index contributed by atoms with van der Waals surface area (Å²) in [5.74, 6) is 0.0886. The first-order valence-corrected chi connectivity index (χ1v) is 8.22. The van der Waals surface area contributed by atoms with Gasteiger partial charge in [-0.3, -0.25) is 4.79 Å². The molecule has 0 radical (unpaired) electrons. The van der Waals surface area contributed by atoms with Crippen LogP contribution in [0.25, 0.3) is 0 Å². The lowest BCUT2D eigenvalue weighted by Gasteiger charge is -2.28. The number of carbonyl (C=O) groups excluding carboxylic acids is 1. The largest absolute Gasteiger partial charge is 0.349 e. The molecule has 0 aromatic heterocycles. The van der Waals surface area contributed by atoms with Crippen molar-refractivity contribution in [1.82, 2.24) is 5.32 Å². The molecule has 0 heterocycles. The number of carbonyl (C=O) groups is 1. The molecule has 1 amide bonds. The molecule has 0 aliphatic heterocycles. The van der Waals surface area contributed by atoms with Crippen LogP contribution >= 0.6 is 0 Å². The number of benzene rings is 2. The Morgan fingerprint density at radius 2 is 1.86 bits per heavy atom. The van der Waals surface area contributed by atoms with Crippen molar-refractivity contribution >= 4 is 5.91 Å². The van der Waals surface area contributed by atoms with Gasteiger partial charge in [0.1, 0.15) is 0 Å². The van der Waals surface area contributed by atoms with Gasteiger partial charge in [0.25, 0.3) is 0 Å². The number of rotatable bonds is 4. The zero-order valence-electron chi connectivity index (χ0n) is 13.1. The average Bonchev–Trinajstić information content (AvgIpc) is 2.57. The van der Waals surface area contributed by atoms with Crippen LogP contribution in [-0.2, 0) is 11.2 Å². The third kappa shape index (κ3) is 3.06. The molecule has 1 aliphatic rings. The van der Waals surface area contributed by atoms with Gasteiger partial charge in [-0.1, -0.05) is 61.5 Å². The van der Waals surface area contributed by atoms with Gasteiger partial charge in [0.2, 0.25) is 5.91 Å². The third-order valence-electron chi connectivity index (χ3n) is 4.61. The maximum absolute atomic E-state index is 12.7. The third-order valence-corrected chi connectivity index (χ3v) is 4.61. The Bertz CT molecular complexity index is 635. The fourth-order valence-corrected chi connectivity index (χ4v) is 3.43. The summed E-state index contributed by atoms with van der Waals surface area (Å²) in [6, 6.07) is 18.7. The molecule has 0 unspecified atom stereocenters. The van der Waals surface area contributed by atoms with Crippen molar-refractivity contribution in [2.45, 2.75) is 44.6 Å². The van der Waals surface area contributed by atoms with Crippen LogP contribution in [0.4, 0.5) is 0 Å². The van der Waals surface area contributed by atoms with Gasteiger partial charge in [0.15, 0.2) is 0 Å². The lowest BCUT2D eigenvalue weighted by Crippen LogP contribution is -2.34. The van der Waals surface area contributed by atoms with Crippen LogP contribution < -0.4 is 5.32 Å². The minimum absolute atomic E-state index is 0.0599. The Morgan fingerprint density at radius 3 is 2.64 bits per heavy atom. The monoisotopic (exact) mass is 293 g/mol. The predicted molar refractivity (Wildman–Crippen MR) is 89.7 cm³/mol. The normalized spacial score (nSPS) is 18.3. The molecular formula is C20H23NO. The van der Waals surface area contributed by atoms with E-state index in [0.29, 0.717) is 0 Å². The standard InChI is InChI=1S/C20H23NO/c1-2-17(15-9-4-3-5-10-15)20(22)21-19-14-8-12-16-11-6-7-13-18(16)19/h3-7,9-11,13,17,19H,2,8,12,14H2,1H3,(H,21,22)/t17-,19-/m0/s1. The van der Waals surface area contributed by atoms with E-state index >= 15 is 0 Å². The second kappa shape index (κ2) is 6.78. The van der Waals surface area contributed by atoms with Crippen LogP contribution in [0.5, 0.6) is 0 Å². The minimum Gasteiger partial charge on any atom is -0.349 e. The van der Waals surface area contributed by atoms with Crippen LogP contribution in [0, 0.1) is 0 Å². The first-order chi connectivity index (χ1) is 10.8. The molecule has 0 spiro atoms. The van der Waals surface area contributed by atoms with Crippen molar-refractivity contribution in [3.63, 3.8) is 0 Å². The van der Waals surface area contributed by atoms with E-state index < -0.39 is 0 Å². The summed E-state index contributed by atoms with van der Waals surface area (Å²) < 4.78 is 0. The summed E-state index contributed by atoms with van der Waals surface area (Å²) in [5, 5.41) is 3.29. The molecule has 114 valence electrons. The van der Waals surface area contributed by atoms with Crippen LogP contribution in [0.1, 0.15) is 54.8 Å². The fraction of sp³-hybridized carbons (Fsp3) is 0.350. The number of aryl methyl sites for hydroxylation is 1. The highest BCUT2D eigenvalue weighted by atomic mass is 16.1. The topological polar surface area (TPSA) is 29.1 Å². The maximum atomic E-state index is 12.7. The van der Waals surface area contributed by atoms with E-state index in [9.17, 15) is 4.79 Å². The SMILES string of the molecule is CC[C@H](C(=O)N[C@H]1CCCc2ccccc21)c1ccccc1. The highest BCUT2D eigenvalue weighted by molar-refractivity contribution is 5.84. The van der Waals surface area contributed by atoms with Crippen molar-refractivity contribution in [1.29, 1.82) is 0 Å². The number of hydrogen-bond donors (Lipinski definition) is 1. The van der Waals surface area contributed by atoms with E-state index in [-0.39, 0.29) is 17.9 Å². The van der Waals surface area contributed by atoms with E-state index in [1.807, 2.05) is 30.3 Å². The number of nitrogens with one attached hydrogen (secondary N) is 1. The summed E-state index contributed by atoms with van der Waals surface area (Å²) in [6.45, 7) is 2.08. The molecule has 0 bridgehead atoms. The highest BCUT2D eigenvalue weighted by Crippen LogP contribution is 2.30. The quantitative estimate of drug-likeness (QED) is 0.891. The molecule has 2 aromatic carbocycles. The molecular weight excluding hydrogens is 270 g/mol. The molecule has 2 aromatic rings. The van der Waals surface area contributed by atoms with E-state index in [4.69, 9.17) is 0 Å². The number of hydrogen-bond acceptors (Lipinski definition) is 1. The van der Waals surface area contributed by atoms with E-state index in [1.54, 1.807) is 0 Å². The predicted octanol–water partition coefficient (Wildman–Crippen LogP) is 4.37. The zero-order valence-corrected chi connectivity index (χ0v) is 13.1. The van der Waals surface area contributed by atoms with E-state index in [2.05, 4.69) is 36.5 Å². The Kier molecular flexibility index (Phi) is 4.57. The molecule has 22 heavy (non-hydrogen) atoms. The molecule has 2 heteroatoms. The first kappa shape index (κ1) is 14.8. The van der Waals surface area contributed by atoms with Crippen LogP contribution in [0.15, 0.2) is 54.6 Å². The van der Waals surface area contributed by atoms with Crippen LogP contribution in [-0.4, -0.2) is 5.91 Å². The van der Waals surface area contributed by atoms with Crippen molar-refractivity contribution in [2.24, 2.45) is 0 Å². The Hall–Kier alpha value is -2.09. The zero-order chi connectivity index (χ0) is 15.4. The molecule has 1 aliphatic carbocycles. The second-order valence-electron chi connectivity index (χ2n) is 6.02. The van der Waals surface area contributed by atoms with Crippen LogP contribution in [0.3, 0.4) is 0 Å². The Balaban J connectivity index is 1.77. The molecule has 1 N–H and O–H groups in total. The van der Waals surface area contributed by atoms with E-state index in [1.165, 1.54) is 11.1 Å². The van der Waals surface area contributed by atoms with Crippen molar-refractivity contribution in [3.8, 4) is 0 Å². The Labute approximate surface area is 132 Å². The summed E-state index contributed by atoms with van der Waals surface area (Å²) in [6.07, 6.45) is 4.13. The molecule has 0 saturated carbocycles. The summed E-state index contributed by atoms with van der Waals surface area (Å²) >= 11 is 0. The average molecular weight is 293 g/mol. The second-order valence-corrected chi connectivity index (χ2v) is 6.02. The molecule has 0 saturated heterocycles. The number of fused-ring (bicyclic) bond motifs is 1. The van der Waals surface area contributed by atoms with Gasteiger partial charge in [0.05, 0.1) is 12.0 Å². The molecule has 0 fully saturated rings. The number of amides is 1. The fourth-order valence-electron chi connectivity index (χ4n) is 3.43. The minimum atomic E-state index is -0.0599. The van der Waals surface area contributed by atoms with Crippen molar-refractivity contribution in [3.05, 3.63) is 71.3 Å². The van der Waals surface area contributed by atoms with Crippen LogP contribution in [0.2, 0.25) is 0 Å². The summed E-state index contributed by atoms with van der Waals surface area (Å²) in [4.78, 5) is 12.7. The van der Waals surface area contributed by atoms with E-state index in [0.717, 1.165) is 31.2 Å². The van der Waals surface area contributed by atoms with Gasteiger partial charge < -0.3 is 5.32 Å². The van der Waals surface area contributed by atoms with Gasteiger partial charge in [0, 0.05) is 0 Å². The van der Waals surface area contributed by atoms with Gasteiger partial charge in [-0.05, 0) is 42.4 Å².